The van der Waals surface area contributed by atoms with Crippen molar-refractivity contribution in [3.63, 3.8) is 0 Å². The van der Waals surface area contributed by atoms with Crippen molar-refractivity contribution >= 4 is 0 Å². The molecule has 0 aliphatic rings. The molecule has 1 heterocycles. The van der Waals surface area contributed by atoms with Crippen molar-refractivity contribution in [2.45, 2.75) is 39.3 Å². The van der Waals surface area contributed by atoms with Gasteiger partial charge in [0.1, 0.15) is 24.7 Å². The fraction of sp³-hybridized carbons (Fsp3) is 0.259. The summed E-state index contributed by atoms with van der Waals surface area (Å²) in [4.78, 5) is 24.7. The number of hydrogen-bond donors (Lipinski definition) is 2. The van der Waals surface area contributed by atoms with Crippen LogP contribution < -0.4 is 20.9 Å². The van der Waals surface area contributed by atoms with Crippen LogP contribution in [0.25, 0.3) is 11.1 Å². The van der Waals surface area contributed by atoms with Gasteiger partial charge in [0.05, 0.1) is 6.54 Å². The molecule has 0 saturated heterocycles. The second kappa shape index (κ2) is 11.0. The molecule has 3 aromatic carbocycles. The van der Waals surface area contributed by atoms with Crippen molar-refractivity contribution in [2.75, 3.05) is 6.61 Å². The predicted octanol–water partition coefficient (Wildman–Crippen LogP) is 4.34. The first-order valence-corrected chi connectivity index (χ1v) is 11.6. The third-order valence-electron chi connectivity index (χ3n) is 5.79. The highest BCUT2D eigenvalue weighted by Crippen LogP contribution is 2.32. The number of aryl methyl sites for hydroxylation is 2. The van der Waals surface area contributed by atoms with Gasteiger partial charge in [0, 0.05) is 0 Å². The van der Waals surface area contributed by atoms with Gasteiger partial charge in [-0.25, -0.2) is 14.6 Å². The van der Waals surface area contributed by atoms with Crippen molar-refractivity contribution in [1.82, 2.24) is 9.72 Å². The van der Waals surface area contributed by atoms with Gasteiger partial charge in [-0.2, -0.15) is 13.2 Å². The molecule has 200 valence electrons. The summed E-state index contributed by atoms with van der Waals surface area (Å²) >= 11 is 0. The molecule has 1 aromatic heterocycles. The predicted molar refractivity (Wildman–Crippen MR) is 132 cm³/mol. The molecule has 2 N–H and O–H groups in total. The highest BCUT2D eigenvalue weighted by atomic mass is 19.4. The van der Waals surface area contributed by atoms with E-state index in [-0.39, 0.29) is 18.9 Å². The van der Waals surface area contributed by atoms with E-state index in [1.54, 1.807) is 36.4 Å². The van der Waals surface area contributed by atoms with Crippen LogP contribution in [0.1, 0.15) is 22.3 Å². The molecule has 0 aliphatic heterocycles. The molecule has 0 spiro atoms. The van der Waals surface area contributed by atoms with Crippen molar-refractivity contribution in [3.8, 4) is 22.6 Å². The average Bonchev–Trinajstić information content (AvgIpc) is 3.17. The van der Waals surface area contributed by atoms with E-state index in [4.69, 9.17) is 14.0 Å². The Kier molecular flexibility index (Phi) is 7.77. The number of halogens is 3. The zero-order chi connectivity index (χ0) is 27.4. The van der Waals surface area contributed by atoms with E-state index in [0.29, 0.717) is 5.75 Å². The lowest BCUT2D eigenvalue weighted by Crippen LogP contribution is -2.34. The lowest BCUT2D eigenvalue weighted by Gasteiger charge is -2.18. The van der Waals surface area contributed by atoms with Crippen LogP contribution in [0.5, 0.6) is 11.5 Å². The van der Waals surface area contributed by atoms with E-state index in [2.05, 4.69) is 0 Å². The molecular weight excluding hydrogens is 505 g/mol. The van der Waals surface area contributed by atoms with Gasteiger partial charge in [0.15, 0.2) is 6.10 Å². The number of hydrogen-bond acceptors (Lipinski definition) is 6. The van der Waals surface area contributed by atoms with E-state index < -0.39 is 30.3 Å². The summed E-state index contributed by atoms with van der Waals surface area (Å²) in [5, 5.41) is 9.18. The van der Waals surface area contributed by atoms with Gasteiger partial charge >= 0.3 is 17.6 Å². The molecule has 1 atom stereocenters. The molecule has 8 nitrogen and oxygen atoms in total. The van der Waals surface area contributed by atoms with Gasteiger partial charge in [0.2, 0.25) is 0 Å². The highest BCUT2D eigenvalue weighted by Gasteiger charge is 2.38. The molecule has 11 heteroatoms. The summed E-state index contributed by atoms with van der Waals surface area (Å²) in [7, 11) is 0. The maximum atomic E-state index is 12.6. The van der Waals surface area contributed by atoms with Crippen LogP contribution in [-0.2, 0) is 13.2 Å². The van der Waals surface area contributed by atoms with E-state index in [1.165, 1.54) is 0 Å². The Morgan fingerprint density at radius 1 is 0.947 bits per heavy atom. The zero-order valence-electron chi connectivity index (χ0n) is 20.5. The van der Waals surface area contributed by atoms with Crippen LogP contribution in [0.2, 0.25) is 0 Å². The summed E-state index contributed by atoms with van der Waals surface area (Å²) < 4.78 is 54.4. The van der Waals surface area contributed by atoms with Crippen molar-refractivity contribution in [2.24, 2.45) is 0 Å². The first-order valence-electron chi connectivity index (χ1n) is 11.6. The lowest BCUT2D eigenvalue weighted by atomic mass is 9.94. The first-order chi connectivity index (χ1) is 18.0. The quantitative estimate of drug-likeness (QED) is 0.334. The molecular formula is C27H25F3N2O6. The number of aromatic nitrogens is 2. The zero-order valence-corrected chi connectivity index (χ0v) is 20.5. The Morgan fingerprint density at radius 2 is 1.63 bits per heavy atom. The van der Waals surface area contributed by atoms with E-state index >= 15 is 0 Å². The summed E-state index contributed by atoms with van der Waals surface area (Å²) in [5.74, 6) is 0.0445. The van der Waals surface area contributed by atoms with Gasteiger partial charge in [0.25, 0.3) is 0 Å². The minimum absolute atomic E-state index is 0.103. The Bertz CT molecular complexity index is 1500. The number of aliphatic hydroxyl groups excluding tert-OH is 1. The van der Waals surface area contributed by atoms with E-state index in [9.17, 15) is 27.9 Å². The SMILES string of the molecule is Cc1cc(OCC(O)C(F)(F)F)cc(C)c1-c1cccc(COc2ccc(Cn3oc(=O)[nH]c3=O)cc2)c1. The second-order valence-electron chi connectivity index (χ2n) is 8.78. The van der Waals surface area contributed by atoms with E-state index in [1.807, 2.05) is 43.1 Å². The number of nitrogens with zero attached hydrogens (tertiary/aromatic N) is 1. The Morgan fingerprint density at radius 3 is 2.24 bits per heavy atom. The summed E-state index contributed by atoms with van der Waals surface area (Å²) in [5.41, 5.74) is 4.49. The van der Waals surface area contributed by atoms with Crippen molar-refractivity contribution < 1.29 is 32.3 Å². The number of aliphatic hydroxyl groups is 1. The molecule has 0 bridgehead atoms. The molecule has 4 aromatic rings. The van der Waals surface area contributed by atoms with Crippen LogP contribution in [0, 0.1) is 13.8 Å². The average molecular weight is 530 g/mol. The lowest BCUT2D eigenvalue weighted by molar-refractivity contribution is -0.210. The summed E-state index contributed by atoms with van der Waals surface area (Å²) in [6.45, 7) is 3.19. The third-order valence-corrected chi connectivity index (χ3v) is 5.79. The molecule has 0 fully saturated rings. The fourth-order valence-corrected chi connectivity index (χ4v) is 3.99. The maximum absolute atomic E-state index is 12.6. The number of aromatic amines is 1. The van der Waals surface area contributed by atoms with Gasteiger partial charge in [-0.15, -0.1) is 4.74 Å². The fourth-order valence-electron chi connectivity index (χ4n) is 3.99. The van der Waals surface area contributed by atoms with Gasteiger partial charge in [-0.05, 0) is 77.6 Å². The minimum Gasteiger partial charge on any atom is -0.491 e. The molecule has 1 unspecified atom stereocenters. The Balaban J connectivity index is 1.41. The number of ether oxygens (including phenoxy) is 2. The smallest absolute Gasteiger partial charge is 0.440 e. The molecule has 0 aliphatic carbocycles. The summed E-state index contributed by atoms with van der Waals surface area (Å²) in [6.07, 6.45) is -7.29. The van der Waals surface area contributed by atoms with Crippen LogP contribution in [0.15, 0.2) is 74.8 Å². The number of rotatable bonds is 9. The highest BCUT2D eigenvalue weighted by molar-refractivity contribution is 5.72. The van der Waals surface area contributed by atoms with Gasteiger partial charge < -0.3 is 19.1 Å². The Labute approximate surface area is 214 Å². The van der Waals surface area contributed by atoms with Crippen LogP contribution >= 0.6 is 0 Å². The summed E-state index contributed by atoms with van der Waals surface area (Å²) in [6, 6.07) is 18.0. The Hall–Kier alpha value is -4.25. The third kappa shape index (κ3) is 6.54. The first kappa shape index (κ1) is 26.8. The normalized spacial score (nSPS) is 12.4. The maximum Gasteiger partial charge on any atom is 0.440 e. The number of benzene rings is 3. The largest absolute Gasteiger partial charge is 0.491 e. The molecule has 4 rings (SSSR count). The number of H-pyrrole nitrogens is 1. The van der Waals surface area contributed by atoms with Gasteiger partial charge in [-0.3, -0.25) is 0 Å². The van der Waals surface area contributed by atoms with E-state index in [0.717, 1.165) is 38.1 Å². The molecule has 0 saturated carbocycles. The van der Waals surface area contributed by atoms with Gasteiger partial charge in [-0.1, -0.05) is 30.3 Å². The molecule has 38 heavy (non-hydrogen) atoms. The topological polar surface area (TPSA) is 107 Å². The standard InChI is InChI=1S/C27H25F3N2O6/c1-16-10-22(37-15-23(33)27(28,29)30)11-17(2)24(16)20-5-3-4-19(12-20)14-36-21-8-6-18(7-9-21)13-32-25(34)31-26(35)38-32/h3-12,23,33H,13-15H2,1-2H3,(H,31,34,35). The molecule has 0 radical (unpaired) electrons. The molecule has 0 amide bonds. The second-order valence-corrected chi connectivity index (χ2v) is 8.78. The van der Waals surface area contributed by atoms with Crippen LogP contribution in [-0.4, -0.2) is 33.7 Å². The van der Waals surface area contributed by atoms with Crippen molar-refractivity contribution in [3.05, 3.63) is 104 Å². The van der Waals surface area contributed by atoms with Crippen LogP contribution in [0.4, 0.5) is 13.2 Å². The minimum atomic E-state index is -4.74. The van der Waals surface area contributed by atoms with Crippen LogP contribution in [0.3, 0.4) is 0 Å². The number of alkyl halides is 3. The van der Waals surface area contributed by atoms with Crippen molar-refractivity contribution in [1.29, 1.82) is 0 Å². The number of nitrogens with one attached hydrogen (secondary N) is 1. The monoisotopic (exact) mass is 530 g/mol.